The molecule has 110 valence electrons. The Bertz CT molecular complexity index is 484. The topological polar surface area (TPSA) is 69.6 Å². The predicted octanol–water partition coefficient (Wildman–Crippen LogP) is 2.88. The first-order valence-corrected chi connectivity index (χ1v) is 6.94. The third-order valence-electron chi connectivity index (χ3n) is 4.13. The zero-order chi connectivity index (χ0) is 14.6. The van der Waals surface area contributed by atoms with Crippen molar-refractivity contribution in [3.8, 4) is 0 Å². The Kier molecular flexibility index (Phi) is 4.60. The van der Waals surface area contributed by atoms with Crippen molar-refractivity contribution >= 4 is 11.7 Å². The average Bonchev–Trinajstić information content (AvgIpc) is 2.45. The number of aliphatic hydroxyl groups is 1. The van der Waals surface area contributed by atoms with Crippen molar-refractivity contribution in [1.29, 1.82) is 0 Å². The van der Waals surface area contributed by atoms with Crippen LogP contribution in [-0.4, -0.2) is 29.3 Å². The summed E-state index contributed by atoms with van der Waals surface area (Å²) in [5.41, 5.74) is -0.285. The molecule has 3 N–H and O–H groups in total. The molecule has 0 aromatic heterocycles. The van der Waals surface area contributed by atoms with Crippen molar-refractivity contribution in [1.82, 2.24) is 0 Å². The van der Waals surface area contributed by atoms with E-state index in [2.05, 4.69) is 5.32 Å². The number of carboxylic acid groups (broad SMARTS) is 1. The largest absolute Gasteiger partial charge is 0.478 e. The lowest BCUT2D eigenvalue weighted by Gasteiger charge is -2.36. The third-order valence-corrected chi connectivity index (χ3v) is 4.13. The van der Waals surface area contributed by atoms with E-state index in [0.29, 0.717) is 6.54 Å². The van der Waals surface area contributed by atoms with Crippen LogP contribution in [-0.2, 0) is 0 Å². The SMILES string of the molecule is O=C(O)c1c(F)cccc1NCC1(CO)CCCCC1. The number of carboxylic acids is 1. The lowest BCUT2D eigenvalue weighted by molar-refractivity contribution is 0.0692. The van der Waals surface area contributed by atoms with Crippen LogP contribution in [0.4, 0.5) is 10.1 Å². The highest BCUT2D eigenvalue weighted by atomic mass is 19.1. The van der Waals surface area contributed by atoms with Gasteiger partial charge in [-0.05, 0) is 25.0 Å². The Morgan fingerprint density at radius 1 is 1.30 bits per heavy atom. The highest BCUT2D eigenvalue weighted by Gasteiger charge is 2.31. The molecule has 1 aromatic rings. The van der Waals surface area contributed by atoms with Gasteiger partial charge in [0.2, 0.25) is 0 Å². The fourth-order valence-corrected chi connectivity index (χ4v) is 2.86. The summed E-state index contributed by atoms with van der Waals surface area (Å²) >= 11 is 0. The molecule has 0 heterocycles. The van der Waals surface area contributed by atoms with Crippen LogP contribution < -0.4 is 5.32 Å². The van der Waals surface area contributed by atoms with E-state index >= 15 is 0 Å². The van der Waals surface area contributed by atoms with Gasteiger partial charge in [0.1, 0.15) is 11.4 Å². The number of halogens is 1. The summed E-state index contributed by atoms with van der Waals surface area (Å²) in [7, 11) is 0. The molecule has 1 fully saturated rings. The lowest BCUT2D eigenvalue weighted by Crippen LogP contribution is -2.35. The minimum Gasteiger partial charge on any atom is -0.478 e. The number of hydrogen-bond donors (Lipinski definition) is 3. The molecule has 0 unspecified atom stereocenters. The Labute approximate surface area is 117 Å². The summed E-state index contributed by atoms with van der Waals surface area (Å²) in [5, 5.41) is 21.7. The first-order chi connectivity index (χ1) is 9.58. The Hall–Kier alpha value is -1.62. The van der Waals surface area contributed by atoms with E-state index < -0.39 is 11.8 Å². The number of anilines is 1. The summed E-state index contributed by atoms with van der Waals surface area (Å²) in [6.07, 6.45) is 5.12. The van der Waals surface area contributed by atoms with Crippen LogP contribution in [0.5, 0.6) is 0 Å². The maximum atomic E-state index is 13.6. The van der Waals surface area contributed by atoms with Crippen LogP contribution in [0.1, 0.15) is 42.5 Å². The minimum atomic E-state index is -1.28. The zero-order valence-electron chi connectivity index (χ0n) is 11.4. The van der Waals surface area contributed by atoms with Gasteiger partial charge >= 0.3 is 5.97 Å². The molecule has 0 spiro atoms. The van der Waals surface area contributed by atoms with Crippen LogP contribution in [0.15, 0.2) is 18.2 Å². The molecule has 0 bridgehead atoms. The highest BCUT2D eigenvalue weighted by molar-refractivity contribution is 5.94. The molecule has 4 nitrogen and oxygen atoms in total. The summed E-state index contributed by atoms with van der Waals surface area (Å²) in [6, 6.07) is 4.17. The summed E-state index contributed by atoms with van der Waals surface area (Å²) in [4.78, 5) is 11.1. The molecular weight excluding hydrogens is 261 g/mol. The zero-order valence-corrected chi connectivity index (χ0v) is 11.4. The molecule has 0 aliphatic heterocycles. The molecule has 5 heteroatoms. The monoisotopic (exact) mass is 281 g/mol. The van der Waals surface area contributed by atoms with E-state index in [9.17, 15) is 14.3 Å². The molecule has 1 saturated carbocycles. The normalized spacial score (nSPS) is 17.7. The molecule has 2 rings (SSSR count). The number of hydrogen-bond acceptors (Lipinski definition) is 3. The Balaban J connectivity index is 2.14. The molecule has 1 aliphatic rings. The van der Waals surface area contributed by atoms with Crippen molar-refractivity contribution in [3.63, 3.8) is 0 Å². The van der Waals surface area contributed by atoms with Gasteiger partial charge in [-0.3, -0.25) is 0 Å². The molecule has 1 aromatic carbocycles. The van der Waals surface area contributed by atoms with E-state index in [-0.39, 0.29) is 23.3 Å². The fourth-order valence-electron chi connectivity index (χ4n) is 2.86. The first-order valence-electron chi connectivity index (χ1n) is 6.94. The second kappa shape index (κ2) is 6.22. The van der Waals surface area contributed by atoms with Crippen LogP contribution in [0.25, 0.3) is 0 Å². The van der Waals surface area contributed by atoms with E-state index in [1.54, 1.807) is 6.07 Å². The van der Waals surface area contributed by atoms with Gasteiger partial charge in [0, 0.05) is 12.0 Å². The highest BCUT2D eigenvalue weighted by Crippen LogP contribution is 2.36. The van der Waals surface area contributed by atoms with Gasteiger partial charge in [-0.25, -0.2) is 9.18 Å². The van der Waals surface area contributed by atoms with Crippen molar-refractivity contribution in [2.75, 3.05) is 18.5 Å². The Morgan fingerprint density at radius 3 is 2.60 bits per heavy atom. The van der Waals surface area contributed by atoms with Crippen LogP contribution in [0.2, 0.25) is 0 Å². The average molecular weight is 281 g/mol. The van der Waals surface area contributed by atoms with E-state index in [0.717, 1.165) is 31.7 Å². The number of carbonyl (C=O) groups is 1. The van der Waals surface area contributed by atoms with Crippen molar-refractivity contribution in [2.45, 2.75) is 32.1 Å². The maximum absolute atomic E-state index is 13.6. The Morgan fingerprint density at radius 2 is 2.00 bits per heavy atom. The van der Waals surface area contributed by atoms with E-state index in [1.807, 2.05) is 0 Å². The van der Waals surface area contributed by atoms with Crippen molar-refractivity contribution in [2.24, 2.45) is 5.41 Å². The van der Waals surface area contributed by atoms with Gasteiger partial charge in [-0.2, -0.15) is 0 Å². The quantitative estimate of drug-likeness (QED) is 0.776. The molecule has 0 saturated heterocycles. The van der Waals surface area contributed by atoms with Gasteiger partial charge in [0.15, 0.2) is 0 Å². The molecular formula is C15H20FNO3. The first kappa shape index (κ1) is 14.8. The number of benzene rings is 1. The van der Waals surface area contributed by atoms with Crippen LogP contribution in [0.3, 0.4) is 0 Å². The third kappa shape index (κ3) is 3.10. The van der Waals surface area contributed by atoms with Gasteiger partial charge in [0.25, 0.3) is 0 Å². The minimum absolute atomic E-state index is 0.0672. The van der Waals surface area contributed by atoms with E-state index in [1.165, 1.54) is 12.5 Å². The van der Waals surface area contributed by atoms with Crippen molar-refractivity contribution < 1.29 is 19.4 Å². The summed E-state index contributed by atoms with van der Waals surface area (Å²) < 4.78 is 13.6. The van der Waals surface area contributed by atoms with Crippen LogP contribution >= 0.6 is 0 Å². The van der Waals surface area contributed by atoms with Crippen molar-refractivity contribution in [3.05, 3.63) is 29.6 Å². The molecule has 0 radical (unpaired) electrons. The number of aromatic carboxylic acids is 1. The van der Waals surface area contributed by atoms with E-state index in [4.69, 9.17) is 5.11 Å². The number of rotatable bonds is 5. The second-order valence-corrected chi connectivity index (χ2v) is 5.54. The van der Waals surface area contributed by atoms with Crippen LogP contribution in [0, 0.1) is 11.2 Å². The summed E-state index contributed by atoms with van der Waals surface area (Å²) in [6.45, 7) is 0.533. The predicted molar refractivity (Wildman–Crippen MR) is 74.5 cm³/mol. The number of nitrogens with one attached hydrogen (secondary N) is 1. The maximum Gasteiger partial charge on any atom is 0.340 e. The molecule has 20 heavy (non-hydrogen) atoms. The van der Waals surface area contributed by atoms with Gasteiger partial charge < -0.3 is 15.5 Å². The second-order valence-electron chi connectivity index (χ2n) is 5.54. The number of aliphatic hydroxyl groups excluding tert-OH is 1. The van der Waals surface area contributed by atoms with Gasteiger partial charge in [0.05, 0.1) is 12.3 Å². The molecule has 0 amide bonds. The smallest absolute Gasteiger partial charge is 0.340 e. The van der Waals surface area contributed by atoms with Gasteiger partial charge in [-0.15, -0.1) is 0 Å². The summed E-state index contributed by atoms with van der Waals surface area (Å²) in [5.74, 6) is -2.03. The standard InChI is InChI=1S/C15H20FNO3/c16-11-5-4-6-12(13(11)14(19)20)17-9-15(10-18)7-2-1-3-8-15/h4-6,17-18H,1-3,7-10H2,(H,19,20). The lowest BCUT2D eigenvalue weighted by atomic mass is 9.74. The molecule has 0 atom stereocenters. The van der Waals surface area contributed by atoms with Gasteiger partial charge in [-0.1, -0.05) is 25.3 Å². The molecule has 1 aliphatic carbocycles. The fraction of sp³-hybridized carbons (Fsp3) is 0.533.